The molecular weight excluding hydrogens is 937 g/mol. The first-order valence-corrected chi connectivity index (χ1v) is 27.2. The van der Waals surface area contributed by atoms with Gasteiger partial charge in [-0.25, -0.2) is 23.4 Å². The molecule has 2 atom stereocenters. The van der Waals surface area contributed by atoms with Crippen LogP contribution in [0.4, 0.5) is 23.3 Å². The van der Waals surface area contributed by atoms with Crippen LogP contribution in [0.5, 0.6) is 5.75 Å². The largest absolute Gasteiger partial charge is 0.496 e. The zero-order valence-electron chi connectivity index (χ0n) is 42.1. The Morgan fingerprint density at radius 2 is 1.67 bits per heavy atom. The minimum atomic E-state index is -3.18. The van der Waals surface area contributed by atoms with Crippen LogP contribution in [0, 0.1) is 0 Å². The number of aromatic nitrogens is 5. The number of anilines is 4. The second-order valence-corrected chi connectivity index (χ2v) is 21.5. The van der Waals surface area contributed by atoms with Gasteiger partial charge in [0.2, 0.25) is 16.0 Å². The quantitative estimate of drug-likeness (QED) is 0.0455. The maximum atomic E-state index is 13.5. The molecular formula is C53H68N10O8S. The fourth-order valence-corrected chi connectivity index (χ4v) is 10.7. The first-order valence-electron chi connectivity index (χ1n) is 25.6. The van der Waals surface area contributed by atoms with Gasteiger partial charge in [0.1, 0.15) is 29.8 Å². The van der Waals surface area contributed by atoms with E-state index in [-0.39, 0.29) is 49.7 Å². The second-order valence-electron chi connectivity index (χ2n) is 19.2. The lowest BCUT2D eigenvalue weighted by atomic mass is 10.0. The van der Waals surface area contributed by atoms with Crippen molar-refractivity contribution in [2.75, 3.05) is 98.6 Å². The lowest BCUT2D eigenvalue weighted by Gasteiger charge is -2.37. The van der Waals surface area contributed by atoms with Crippen LogP contribution in [-0.4, -0.2) is 146 Å². The molecule has 3 aliphatic heterocycles. The number of piperazine rings is 1. The molecule has 19 heteroatoms. The highest BCUT2D eigenvalue weighted by molar-refractivity contribution is 7.89. The first kappa shape index (κ1) is 50.9. The molecule has 3 aromatic heterocycles. The Labute approximate surface area is 422 Å². The van der Waals surface area contributed by atoms with E-state index in [1.165, 1.54) is 6.42 Å². The van der Waals surface area contributed by atoms with Gasteiger partial charge in [0, 0.05) is 93.8 Å². The Morgan fingerprint density at radius 3 is 2.42 bits per heavy atom. The number of pyridine rings is 1. The molecule has 0 spiro atoms. The topological polar surface area (TPSA) is 195 Å². The number of benzene rings is 2. The summed E-state index contributed by atoms with van der Waals surface area (Å²) in [7, 11) is -1.59. The Morgan fingerprint density at radius 1 is 0.847 bits per heavy atom. The van der Waals surface area contributed by atoms with E-state index in [0.717, 1.165) is 72.5 Å². The molecule has 6 heterocycles. The van der Waals surface area contributed by atoms with Crippen LogP contribution < -0.4 is 24.8 Å². The summed E-state index contributed by atoms with van der Waals surface area (Å²) in [5, 5.41) is 4.32. The highest BCUT2D eigenvalue weighted by Crippen LogP contribution is 2.34. The van der Waals surface area contributed by atoms with Crippen molar-refractivity contribution in [1.82, 2.24) is 29.2 Å². The third-order valence-electron chi connectivity index (χ3n) is 14.1. The summed E-state index contributed by atoms with van der Waals surface area (Å²) in [6.45, 7) is 11.7. The van der Waals surface area contributed by atoms with E-state index >= 15 is 0 Å². The molecule has 4 fully saturated rings. The molecule has 72 heavy (non-hydrogen) atoms. The number of piperidine rings is 1. The summed E-state index contributed by atoms with van der Waals surface area (Å²) in [6, 6.07) is 18.8. The number of methoxy groups -OCH3 is 1. The molecule has 1 N–H and O–H groups in total. The number of nitrogens with one attached hydrogen (secondary N) is 1. The molecule has 2 aromatic carbocycles. The molecule has 3 saturated heterocycles. The molecule has 0 radical (unpaired) electrons. The van der Waals surface area contributed by atoms with Gasteiger partial charge >= 0.3 is 5.97 Å². The van der Waals surface area contributed by atoms with Gasteiger partial charge in [-0.3, -0.25) is 9.59 Å². The molecule has 0 amide bonds. The average Bonchev–Trinajstić information content (AvgIpc) is 4.23. The zero-order valence-corrected chi connectivity index (χ0v) is 42.9. The minimum Gasteiger partial charge on any atom is -0.496 e. The van der Waals surface area contributed by atoms with Gasteiger partial charge in [0.05, 0.1) is 61.8 Å². The number of hydrogen-bond acceptors (Lipinski definition) is 17. The van der Waals surface area contributed by atoms with Gasteiger partial charge < -0.3 is 39.0 Å². The SMILES string of the molecule is CCS(=O)(=O)N1CCN(c2ccc(Cc3ncc(C(=O)CCCOCCC(=O)OCc4cc(-c5ccc6c(N7CCOC[C@H]7C)nc(N7CCCC[C@H]7C)nc6n5)ccc4OC)c(NC4CC4)n3)cc2)CC1. The fourth-order valence-electron chi connectivity index (χ4n) is 9.59. The summed E-state index contributed by atoms with van der Waals surface area (Å²) >= 11 is 0. The van der Waals surface area contributed by atoms with Crippen molar-refractivity contribution in [2.24, 2.45) is 0 Å². The standard InChI is InChI=1S/C53H68N10O8S/c1-5-72(66,67)61-25-23-60(24-26-61)42-16-11-38(12-17-42)31-48-54-33-44(51(57-48)55-41-14-15-41)46(64)10-8-28-69-29-21-49(65)71-35-40-32-39(13-20-47(40)68-4)45-19-18-43-50(56-45)58-53(63-22-7-6-9-36(63)2)59-52(43)62-27-30-70-34-37(62)3/h11-13,16-20,32-33,36-37,41H,5-10,14-15,21-31,34-35H2,1-4H3,(H,54,55,57)/t36-,37-/m1/s1. The van der Waals surface area contributed by atoms with E-state index < -0.39 is 16.0 Å². The third-order valence-corrected chi connectivity index (χ3v) is 15.9. The van der Waals surface area contributed by atoms with Crippen molar-refractivity contribution >= 4 is 56.1 Å². The maximum Gasteiger partial charge on any atom is 0.308 e. The van der Waals surface area contributed by atoms with Crippen molar-refractivity contribution in [1.29, 1.82) is 0 Å². The number of nitrogens with zero attached hydrogens (tertiary/aromatic N) is 9. The van der Waals surface area contributed by atoms with Crippen molar-refractivity contribution in [3.8, 4) is 17.0 Å². The average molecular weight is 1010 g/mol. The third kappa shape index (κ3) is 12.4. The van der Waals surface area contributed by atoms with E-state index in [1.54, 1.807) is 24.5 Å². The molecule has 1 aliphatic carbocycles. The zero-order chi connectivity index (χ0) is 50.2. The summed E-state index contributed by atoms with van der Waals surface area (Å²) in [5.41, 5.74) is 5.45. The fraction of sp³-hybridized carbons (Fsp3) is 0.528. The lowest BCUT2D eigenvalue weighted by Crippen LogP contribution is -2.49. The molecule has 18 nitrogen and oxygen atoms in total. The summed E-state index contributed by atoms with van der Waals surface area (Å²) in [4.78, 5) is 57.9. The number of sulfonamides is 1. The summed E-state index contributed by atoms with van der Waals surface area (Å²) < 4.78 is 49.1. The van der Waals surface area contributed by atoms with E-state index in [0.29, 0.717) is 105 Å². The van der Waals surface area contributed by atoms with Gasteiger partial charge in [-0.15, -0.1) is 0 Å². The number of carbonyl (C=O) groups excluding carboxylic acids is 2. The Balaban J connectivity index is 0.753. The number of hydrogen-bond donors (Lipinski definition) is 1. The van der Waals surface area contributed by atoms with Crippen LogP contribution in [0.15, 0.2) is 60.8 Å². The number of Topliss-reactive ketones (excluding diaryl/α,β-unsaturated/α-hetero) is 1. The van der Waals surface area contributed by atoms with Gasteiger partial charge in [0.15, 0.2) is 11.4 Å². The van der Waals surface area contributed by atoms with Crippen molar-refractivity contribution < 1.29 is 37.0 Å². The highest BCUT2D eigenvalue weighted by atomic mass is 32.2. The van der Waals surface area contributed by atoms with Crippen LogP contribution in [0.25, 0.3) is 22.3 Å². The van der Waals surface area contributed by atoms with Gasteiger partial charge in [-0.2, -0.15) is 14.3 Å². The predicted molar refractivity (Wildman–Crippen MR) is 278 cm³/mol. The Hall–Kier alpha value is -6.02. The van der Waals surface area contributed by atoms with E-state index in [1.807, 2.05) is 36.4 Å². The van der Waals surface area contributed by atoms with Crippen LogP contribution in [0.1, 0.15) is 99.4 Å². The molecule has 4 aliphatic rings. The number of ketones is 1. The summed E-state index contributed by atoms with van der Waals surface area (Å²) in [6.07, 6.45) is 8.34. The smallest absolute Gasteiger partial charge is 0.308 e. The van der Waals surface area contributed by atoms with Gasteiger partial charge in [-0.1, -0.05) is 12.1 Å². The number of ether oxygens (including phenoxy) is 4. The van der Waals surface area contributed by atoms with E-state index in [2.05, 4.69) is 57.0 Å². The maximum absolute atomic E-state index is 13.5. The van der Waals surface area contributed by atoms with Gasteiger partial charge in [0.25, 0.3) is 0 Å². The van der Waals surface area contributed by atoms with Crippen molar-refractivity contribution in [2.45, 2.75) is 103 Å². The highest BCUT2D eigenvalue weighted by Gasteiger charge is 2.29. The molecule has 384 valence electrons. The molecule has 5 aromatic rings. The predicted octanol–water partition coefficient (Wildman–Crippen LogP) is 6.84. The summed E-state index contributed by atoms with van der Waals surface area (Å²) in [5.74, 6) is 2.98. The first-order chi connectivity index (χ1) is 35.0. The number of rotatable bonds is 21. The Kier molecular flexibility index (Phi) is 16.4. The monoisotopic (exact) mass is 1000 g/mol. The number of esters is 1. The van der Waals surface area contributed by atoms with Crippen LogP contribution >= 0.6 is 0 Å². The van der Waals surface area contributed by atoms with E-state index in [4.69, 9.17) is 38.9 Å². The minimum absolute atomic E-state index is 0.00878. The molecule has 1 saturated carbocycles. The molecule has 0 bridgehead atoms. The lowest BCUT2D eigenvalue weighted by molar-refractivity contribution is -0.146. The Bertz CT molecular complexity index is 2810. The van der Waals surface area contributed by atoms with Crippen LogP contribution in [0.2, 0.25) is 0 Å². The number of fused-ring (bicyclic) bond motifs is 1. The molecule has 9 rings (SSSR count). The van der Waals surface area contributed by atoms with Crippen LogP contribution in [0.3, 0.4) is 0 Å². The number of morpholine rings is 1. The van der Waals surface area contributed by atoms with Crippen LogP contribution in [-0.2, 0) is 42.1 Å². The number of carbonyl (C=O) groups is 2. The van der Waals surface area contributed by atoms with E-state index in [9.17, 15) is 18.0 Å². The normalized spacial score (nSPS) is 18.9. The van der Waals surface area contributed by atoms with Gasteiger partial charge in [-0.05, 0) is 107 Å². The molecule has 0 unspecified atom stereocenters. The second kappa shape index (κ2) is 23.2. The van der Waals surface area contributed by atoms with Crippen molar-refractivity contribution in [3.05, 3.63) is 83.3 Å². The van der Waals surface area contributed by atoms with Crippen molar-refractivity contribution in [3.63, 3.8) is 0 Å².